The summed E-state index contributed by atoms with van der Waals surface area (Å²) in [6.07, 6.45) is 9.51. The summed E-state index contributed by atoms with van der Waals surface area (Å²) in [5.41, 5.74) is 1.58. The van der Waals surface area contributed by atoms with E-state index in [1.165, 1.54) is 12.6 Å². The zero-order valence-corrected chi connectivity index (χ0v) is 18.3. The van der Waals surface area contributed by atoms with E-state index < -0.39 is 6.09 Å². The van der Waals surface area contributed by atoms with Gasteiger partial charge in [-0.05, 0) is 69.4 Å². The van der Waals surface area contributed by atoms with Gasteiger partial charge in [0.05, 0.1) is 11.9 Å². The third-order valence-corrected chi connectivity index (χ3v) is 7.31. The third-order valence-electron chi connectivity index (χ3n) is 7.31. The number of carbonyl (C=O) groups is 2. The molecule has 3 aromatic rings. The van der Waals surface area contributed by atoms with Crippen LogP contribution in [0, 0.1) is 18.8 Å². The zero-order valence-electron chi connectivity index (χ0n) is 18.3. The van der Waals surface area contributed by atoms with Crippen LogP contribution in [0.5, 0.6) is 5.75 Å². The standard InChI is InChI=1S/C24H25N5O4/c1-14-10-25-11-19(27-14)21(30)28-23-6-15-4-16(7-23)9-24(8-15,12-23)29-22(31)33-17-2-3-20-18(5-17)26-13-32-20/h2-3,5,10-11,13,15-16H,4,6-9,12H2,1H3,(H,28,30)(H,29,31). The largest absolute Gasteiger partial charge is 0.443 e. The van der Waals surface area contributed by atoms with Gasteiger partial charge in [0.25, 0.3) is 5.91 Å². The first-order valence-electron chi connectivity index (χ1n) is 11.3. The number of aryl methyl sites for hydroxylation is 1. The molecule has 2 amide bonds. The van der Waals surface area contributed by atoms with Gasteiger partial charge in [-0.15, -0.1) is 0 Å². The monoisotopic (exact) mass is 447 g/mol. The molecule has 4 fully saturated rings. The number of nitrogens with zero attached hydrogens (tertiary/aromatic N) is 3. The van der Waals surface area contributed by atoms with Crippen LogP contribution in [0.15, 0.2) is 41.4 Å². The van der Waals surface area contributed by atoms with Gasteiger partial charge >= 0.3 is 6.09 Å². The molecule has 0 spiro atoms. The summed E-state index contributed by atoms with van der Waals surface area (Å²) >= 11 is 0. The summed E-state index contributed by atoms with van der Waals surface area (Å²) in [4.78, 5) is 38.4. The summed E-state index contributed by atoms with van der Waals surface area (Å²) in [7, 11) is 0. The molecule has 4 aliphatic carbocycles. The molecule has 4 aliphatic rings. The van der Waals surface area contributed by atoms with Crippen molar-refractivity contribution in [3.63, 3.8) is 0 Å². The zero-order chi connectivity index (χ0) is 22.6. The second-order valence-electron chi connectivity index (χ2n) is 10.0. The molecule has 9 heteroatoms. The van der Waals surface area contributed by atoms with Crippen molar-refractivity contribution in [2.75, 3.05) is 0 Å². The van der Waals surface area contributed by atoms with Crippen molar-refractivity contribution in [3.8, 4) is 5.75 Å². The lowest BCUT2D eigenvalue weighted by Crippen LogP contribution is -2.70. The Morgan fingerprint density at radius 3 is 2.61 bits per heavy atom. The van der Waals surface area contributed by atoms with Crippen LogP contribution in [0.2, 0.25) is 0 Å². The van der Waals surface area contributed by atoms with Crippen LogP contribution in [-0.2, 0) is 0 Å². The van der Waals surface area contributed by atoms with Crippen molar-refractivity contribution >= 4 is 23.1 Å². The van der Waals surface area contributed by atoms with Crippen LogP contribution in [0.4, 0.5) is 4.79 Å². The number of rotatable bonds is 4. The first-order chi connectivity index (χ1) is 15.9. The molecule has 0 radical (unpaired) electrons. The quantitative estimate of drug-likeness (QED) is 0.628. The minimum absolute atomic E-state index is 0.202. The Morgan fingerprint density at radius 2 is 1.85 bits per heavy atom. The summed E-state index contributed by atoms with van der Waals surface area (Å²) in [6, 6.07) is 5.11. The van der Waals surface area contributed by atoms with Crippen molar-refractivity contribution in [2.24, 2.45) is 11.8 Å². The highest BCUT2D eigenvalue weighted by Gasteiger charge is 2.59. The molecule has 170 valence electrons. The van der Waals surface area contributed by atoms with Gasteiger partial charge in [-0.1, -0.05) is 0 Å². The molecule has 2 heterocycles. The van der Waals surface area contributed by atoms with E-state index in [4.69, 9.17) is 9.15 Å². The van der Waals surface area contributed by atoms with Crippen molar-refractivity contribution < 1.29 is 18.7 Å². The second-order valence-corrected chi connectivity index (χ2v) is 10.0. The summed E-state index contributed by atoms with van der Waals surface area (Å²) < 4.78 is 10.8. The first kappa shape index (κ1) is 20.1. The van der Waals surface area contributed by atoms with E-state index >= 15 is 0 Å². The van der Waals surface area contributed by atoms with Crippen LogP contribution >= 0.6 is 0 Å². The Kier molecular flexibility index (Phi) is 4.43. The molecular formula is C24H25N5O4. The van der Waals surface area contributed by atoms with Gasteiger partial charge in [0.15, 0.2) is 12.0 Å². The Hall–Kier alpha value is -3.49. The lowest BCUT2D eigenvalue weighted by Gasteiger charge is -2.61. The number of benzene rings is 1. The third kappa shape index (κ3) is 3.71. The molecule has 0 saturated heterocycles. The molecule has 9 nitrogen and oxygen atoms in total. The fourth-order valence-corrected chi connectivity index (χ4v) is 6.68. The van der Waals surface area contributed by atoms with Crippen LogP contribution in [-0.4, -0.2) is 38.0 Å². The SMILES string of the molecule is Cc1cncc(C(=O)NC23CC4CC(CC(NC(=O)Oc5ccc6ocnc6c5)(C4)C2)C3)n1. The van der Waals surface area contributed by atoms with Gasteiger partial charge < -0.3 is 19.8 Å². The van der Waals surface area contributed by atoms with Crippen molar-refractivity contribution in [2.45, 2.75) is 56.5 Å². The molecule has 4 saturated carbocycles. The second kappa shape index (κ2) is 7.26. The molecule has 2 atom stereocenters. The predicted octanol–water partition coefficient (Wildman–Crippen LogP) is 3.54. The number of amides is 2. The van der Waals surface area contributed by atoms with Gasteiger partial charge in [0, 0.05) is 23.3 Å². The maximum atomic E-state index is 13.0. The fraction of sp³-hybridized carbons (Fsp3) is 0.458. The topological polar surface area (TPSA) is 119 Å². The van der Waals surface area contributed by atoms with E-state index in [1.807, 2.05) is 6.92 Å². The van der Waals surface area contributed by atoms with Gasteiger partial charge in [-0.25, -0.2) is 14.8 Å². The molecule has 4 bridgehead atoms. The summed E-state index contributed by atoms with van der Waals surface area (Å²) in [5.74, 6) is 1.13. The Bertz CT molecular complexity index is 1240. The smallest absolute Gasteiger partial charge is 0.413 e. The van der Waals surface area contributed by atoms with Crippen LogP contribution in [0.3, 0.4) is 0 Å². The lowest BCUT2D eigenvalue weighted by atomic mass is 9.50. The normalized spacial score (nSPS) is 29.7. The Balaban J connectivity index is 1.19. The minimum Gasteiger partial charge on any atom is -0.443 e. The summed E-state index contributed by atoms with van der Waals surface area (Å²) in [6.45, 7) is 1.82. The molecular weight excluding hydrogens is 422 g/mol. The van der Waals surface area contributed by atoms with Crippen LogP contribution in [0.1, 0.15) is 54.7 Å². The van der Waals surface area contributed by atoms with Crippen LogP contribution in [0.25, 0.3) is 11.1 Å². The maximum absolute atomic E-state index is 13.0. The molecule has 33 heavy (non-hydrogen) atoms. The van der Waals surface area contributed by atoms with Crippen LogP contribution < -0.4 is 15.4 Å². The van der Waals surface area contributed by atoms with Gasteiger partial charge in [0.1, 0.15) is 17.0 Å². The highest BCUT2D eigenvalue weighted by atomic mass is 16.6. The number of carbonyl (C=O) groups excluding carboxylic acids is 2. The molecule has 2 aromatic heterocycles. The first-order valence-corrected chi connectivity index (χ1v) is 11.3. The average Bonchev–Trinajstić information content (AvgIpc) is 3.19. The Labute approximate surface area is 190 Å². The number of hydrogen-bond acceptors (Lipinski definition) is 7. The number of nitrogens with one attached hydrogen (secondary N) is 2. The fourth-order valence-electron chi connectivity index (χ4n) is 6.68. The maximum Gasteiger partial charge on any atom is 0.413 e. The molecule has 7 rings (SSSR count). The van der Waals surface area contributed by atoms with E-state index in [0.29, 0.717) is 46.5 Å². The lowest BCUT2D eigenvalue weighted by molar-refractivity contribution is -0.0449. The molecule has 2 N–H and O–H groups in total. The average molecular weight is 447 g/mol. The predicted molar refractivity (Wildman–Crippen MR) is 118 cm³/mol. The highest BCUT2D eigenvalue weighted by molar-refractivity contribution is 5.92. The van der Waals surface area contributed by atoms with E-state index in [9.17, 15) is 9.59 Å². The van der Waals surface area contributed by atoms with Crippen molar-refractivity contribution in [3.05, 3.63) is 48.4 Å². The number of aromatic nitrogens is 3. The van der Waals surface area contributed by atoms with Gasteiger partial charge in [0.2, 0.25) is 0 Å². The van der Waals surface area contributed by atoms with Crippen molar-refractivity contribution in [1.29, 1.82) is 0 Å². The molecule has 2 unspecified atom stereocenters. The highest BCUT2D eigenvalue weighted by Crippen LogP contribution is 2.57. The van der Waals surface area contributed by atoms with E-state index in [0.717, 1.165) is 32.1 Å². The van der Waals surface area contributed by atoms with Crippen molar-refractivity contribution in [1.82, 2.24) is 25.6 Å². The molecule has 0 aliphatic heterocycles. The van der Waals surface area contributed by atoms with E-state index in [1.54, 1.807) is 24.4 Å². The number of fused-ring (bicyclic) bond motifs is 1. The van der Waals surface area contributed by atoms with Gasteiger partial charge in [-0.3, -0.25) is 9.78 Å². The number of ether oxygens (including phenoxy) is 1. The minimum atomic E-state index is -0.481. The van der Waals surface area contributed by atoms with E-state index in [-0.39, 0.29) is 17.0 Å². The molecule has 1 aromatic carbocycles. The number of oxazole rings is 1. The van der Waals surface area contributed by atoms with Gasteiger partial charge in [-0.2, -0.15) is 0 Å². The van der Waals surface area contributed by atoms with E-state index in [2.05, 4.69) is 25.6 Å². The summed E-state index contributed by atoms with van der Waals surface area (Å²) in [5, 5.41) is 6.46. The number of hydrogen-bond donors (Lipinski definition) is 2. The Morgan fingerprint density at radius 1 is 1.09 bits per heavy atom.